The molecule has 0 heterocycles. The van der Waals surface area contributed by atoms with Crippen molar-refractivity contribution in [1.29, 1.82) is 0 Å². The van der Waals surface area contributed by atoms with Gasteiger partial charge in [0.25, 0.3) is 0 Å². The SMILES string of the molecule is CCC(CC)NC(=O)C(=O)NC(CC)CC. The summed E-state index contributed by atoms with van der Waals surface area (Å²) in [6.45, 7) is 7.97. The molecule has 0 fully saturated rings. The van der Waals surface area contributed by atoms with Gasteiger partial charge in [-0.25, -0.2) is 0 Å². The van der Waals surface area contributed by atoms with Crippen molar-refractivity contribution in [2.24, 2.45) is 0 Å². The fourth-order valence-electron chi connectivity index (χ4n) is 1.49. The first-order chi connectivity index (χ1) is 7.58. The van der Waals surface area contributed by atoms with Crippen LogP contribution in [0.25, 0.3) is 0 Å². The fourth-order valence-corrected chi connectivity index (χ4v) is 1.49. The first-order valence-corrected chi connectivity index (χ1v) is 6.20. The molecule has 0 aliphatic rings. The van der Waals surface area contributed by atoms with E-state index in [1.54, 1.807) is 0 Å². The summed E-state index contributed by atoms with van der Waals surface area (Å²) in [7, 11) is 0. The summed E-state index contributed by atoms with van der Waals surface area (Å²) in [5.41, 5.74) is 0. The predicted octanol–water partition coefficient (Wildman–Crippen LogP) is 1.60. The molecule has 0 aliphatic carbocycles. The largest absolute Gasteiger partial charge is 0.345 e. The third-order valence-electron chi connectivity index (χ3n) is 2.85. The van der Waals surface area contributed by atoms with E-state index in [4.69, 9.17) is 0 Å². The van der Waals surface area contributed by atoms with E-state index in [1.165, 1.54) is 0 Å². The first kappa shape index (κ1) is 14.9. The predicted molar refractivity (Wildman–Crippen MR) is 65.0 cm³/mol. The van der Waals surface area contributed by atoms with Crippen molar-refractivity contribution in [3.05, 3.63) is 0 Å². The second-order valence-corrected chi connectivity index (χ2v) is 3.97. The maximum absolute atomic E-state index is 11.5. The number of carbonyl (C=O) groups is 2. The quantitative estimate of drug-likeness (QED) is 0.678. The molecule has 0 aromatic heterocycles. The third-order valence-corrected chi connectivity index (χ3v) is 2.85. The Bertz CT molecular complexity index is 197. The topological polar surface area (TPSA) is 58.2 Å². The van der Waals surface area contributed by atoms with Crippen LogP contribution in [-0.2, 0) is 9.59 Å². The number of rotatable bonds is 6. The van der Waals surface area contributed by atoms with Crippen LogP contribution in [0.5, 0.6) is 0 Å². The van der Waals surface area contributed by atoms with Crippen LogP contribution in [0.2, 0.25) is 0 Å². The number of hydrogen-bond acceptors (Lipinski definition) is 2. The summed E-state index contributed by atoms with van der Waals surface area (Å²) in [6.07, 6.45) is 3.39. The number of hydrogen-bond donors (Lipinski definition) is 2. The summed E-state index contributed by atoms with van der Waals surface area (Å²) in [4.78, 5) is 23.0. The van der Waals surface area contributed by atoms with Crippen LogP contribution in [0.1, 0.15) is 53.4 Å². The molecule has 0 aromatic carbocycles. The Balaban J connectivity index is 4.12. The minimum atomic E-state index is -0.513. The molecule has 4 nitrogen and oxygen atoms in total. The normalized spacial score (nSPS) is 10.6. The van der Waals surface area contributed by atoms with Crippen LogP contribution in [0.3, 0.4) is 0 Å². The molecule has 16 heavy (non-hydrogen) atoms. The lowest BCUT2D eigenvalue weighted by Crippen LogP contribution is -2.47. The van der Waals surface area contributed by atoms with Crippen molar-refractivity contribution in [2.75, 3.05) is 0 Å². The Morgan fingerprint density at radius 1 is 0.750 bits per heavy atom. The van der Waals surface area contributed by atoms with E-state index in [2.05, 4.69) is 10.6 Å². The van der Waals surface area contributed by atoms with Gasteiger partial charge in [-0.1, -0.05) is 27.7 Å². The van der Waals surface area contributed by atoms with Crippen LogP contribution < -0.4 is 10.6 Å². The van der Waals surface area contributed by atoms with Crippen molar-refractivity contribution < 1.29 is 9.59 Å². The molecular weight excluding hydrogens is 204 g/mol. The minimum absolute atomic E-state index is 0.0972. The van der Waals surface area contributed by atoms with Crippen molar-refractivity contribution in [3.63, 3.8) is 0 Å². The Morgan fingerprint density at radius 3 is 1.19 bits per heavy atom. The van der Waals surface area contributed by atoms with Gasteiger partial charge in [-0.3, -0.25) is 9.59 Å². The lowest BCUT2D eigenvalue weighted by molar-refractivity contribution is -0.140. The summed E-state index contributed by atoms with van der Waals surface area (Å²) in [5.74, 6) is -1.03. The highest BCUT2D eigenvalue weighted by molar-refractivity contribution is 6.35. The van der Waals surface area contributed by atoms with E-state index in [0.717, 1.165) is 25.7 Å². The molecule has 94 valence electrons. The highest BCUT2D eigenvalue weighted by Crippen LogP contribution is 1.97. The van der Waals surface area contributed by atoms with Crippen LogP contribution in [0.4, 0.5) is 0 Å². The molecule has 2 N–H and O–H groups in total. The van der Waals surface area contributed by atoms with Gasteiger partial charge in [0, 0.05) is 12.1 Å². The van der Waals surface area contributed by atoms with Crippen LogP contribution in [-0.4, -0.2) is 23.9 Å². The number of amides is 2. The third kappa shape index (κ3) is 5.14. The lowest BCUT2D eigenvalue weighted by Gasteiger charge is -2.17. The average Bonchev–Trinajstić information content (AvgIpc) is 2.32. The van der Waals surface area contributed by atoms with E-state index in [1.807, 2.05) is 27.7 Å². The van der Waals surface area contributed by atoms with Gasteiger partial charge in [-0.2, -0.15) is 0 Å². The van der Waals surface area contributed by atoms with E-state index < -0.39 is 11.8 Å². The molecule has 0 radical (unpaired) electrons. The summed E-state index contributed by atoms with van der Waals surface area (Å²) >= 11 is 0. The Labute approximate surface area is 98.2 Å². The molecule has 0 saturated carbocycles. The van der Waals surface area contributed by atoms with Crippen LogP contribution in [0.15, 0.2) is 0 Å². The lowest BCUT2D eigenvalue weighted by atomic mass is 10.1. The van der Waals surface area contributed by atoms with Gasteiger partial charge in [0.1, 0.15) is 0 Å². The maximum atomic E-state index is 11.5. The van der Waals surface area contributed by atoms with E-state index in [9.17, 15) is 9.59 Å². The second kappa shape index (κ2) is 8.13. The monoisotopic (exact) mass is 228 g/mol. The molecule has 0 atom stereocenters. The first-order valence-electron chi connectivity index (χ1n) is 6.20. The molecule has 0 rings (SSSR count). The smallest absolute Gasteiger partial charge is 0.309 e. The Morgan fingerprint density at radius 2 is 1.00 bits per heavy atom. The van der Waals surface area contributed by atoms with Crippen molar-refractivity contribution in [3.8, 4) is 0 Å². The van der Waals surface area contributed by atoms with Crippen molar-refractivity contribution >= 4 is 11.8 Å². The van der Waals surface area contributed by atoms with Gasteiger partial charge in [-0.15, -0.1) is 0 Å². The van der Waals surface area contributed by atoms with Crippen molar-refractivity contribution in [2.45, 2.75) is 65.5 Å². The van der Waals surface area contributed by atoms with E-state index >= 15 is 0 Å². The highest BCUT2D eigenvalue weighted by Gasteiger charge is 2.18. The molecule has 0 saturated heterocycles. The van der Waals surface area contributed by atoms with E-state index in [-0.39, 0.29) is 12.1 Å². The second-order valence-electron chi connectivity index (χ2n) is 3.97. The average molecular weight is 228 g/mol. The molecule has 4 heteroatoms. The Hall–Kier alpha value is -1.06. The maximum Gasteiger partial charge on any atom is 0.309 e. The molecule has 0 aromatic rings. The Kier molecular flexibility index (Phi) is 7.60. The van der Waals surface area contributed by atoms with Gasteiger partial charge >= 0.3 is 11.8 Å². The van der Waals surface area contributed by atoms with Crippen LogP contribution >= 0.6 is 0 Å². The molecule has 0 aliphatic heterocycles. The summed E-state index contributed by atoms with van der Waals surface area (Å²) < 4.78 is 0. The molecule has 0 spiro atoms. The molecular formula is C12H24N2O2. The fraction of sp³-hybridized carbons (Fsp3) is 0.833. The summed E-state index contributed by atoms with van der Waals surface area (Å²) in [6, 6.07) is 0.194. The number of nitrogens with one attached hydrogen (secondary N) is 2. The molecule has 0 unspecified atom stereocenters. The summed E-state index contributed by atoms with van der Waals surface area (Å²) in [5, 5.41) is 5.44. The van der Waals surface area contributed by atoms with Gasteiger partial charge in [0.15, 0.2) is 0 Å². The van der Waals surface area contributed by atoms with E-state index in [0.29, 0.717) is 0 Å². The van der Waals surface area contributed by atoms with Gasteiger partial charge < -0.3 is 10.6 Å². The van der Waals surface area contributed by atoms with Crippen molar-refractivity contribution in [1.82, 2.24) is 10.6 Å². The minimum Gasteiger partial charge on any atom is -0.345 e. The molecule has 2 amide bonds. The highest BCUT2D eigenvalue weighted by atomic mass is 16.2. The zero-order valence-electron chi connectivity index (χ0n) is 10.8. The van der Waals surface area contributed by atoms with Crippen LogP contribution in [0, 0.1) is 0 Å². The molecule has 0 bridgehead atoms. The van der Waals surface area contributed by atoms with Gasteiger partial charge in [-0.05, 0) is 25.7 Å². The van der Waals surface area contributed by atoms with Gasteiger partial charge in [0.2, 0.25) is 0 Å². The zero-order chi connectivity index (χ0) is 12.6. The standard InChI is InChI=1S/C12H24N2O2/c1-5-9(6-2)13-11(15)12(16)14-10(7-3)8-4/h9-10H,5-8H2,1-4H3,(H,13,15)(H,14,16). The van der Waals surface area contributed by atoms with Gasteiger partial charge in [0.05, 0.1) is 0 Å². The zero-order valence-corrected chi connectivity index (χ0v) is 10.8. The number of carbonyl (C=O) groups excluding carboxylic acids is 2.